The molecule has 0 spiro atoms. The molecular weight excluding hydrogens is 241 g/mol. The van der Waals surface area contributed by atoms with Gasteiger partial charge in [-0.15, -0.1) is 0 Å². The van der Waals surface area contributed by atoms with E-state index in [1.807, 2.05) is 0 Å². The van der Waals surface area contributed by atoms with Crippen molar-refractivity contribution in [1.29, 1.82) is 0 Å². The molecule has 2 rings (SSSR count). The minimum atomic E-state index is -0.673. The number of rotatable bonds is 4. The normalized spacial score (nSPS) is 10.6. The van der Waals surface area contributed by atoms with Crippen LogP contribution in [0.4, 0.5) is 10.1 Å². The first-order valence-electron chi connectivity index (χ1n) is 5.19. The van der Waals surface area contributed by atoms with Crippen molar-refractivity contribution >= 4 is 5.69 Å². The largest absolute Gasteiger partial charge is 0.394 e. The molecule has 1 aromatic heterocycles. The fourth-order valence-electron chi connectivity index (χ4n) is 1.58. The Balaban J connectivity index is 2.35. The molecule has 0 bridgehead atoms. The number of nitro benzene ring substituents is 1. The first-order valence-corrected chi connectivity index (χ1v) is 5.19. The van der Waals surface area contributed by atoms with Crippen molar-refractivity contribution in [3.63, 3.8) is 0 Å². The first-order chi connectivity index (χ1) is 8.61. The minimum Gasteiger partial charge on any atom is -0.394 e. The number of aromatic nitrogens is 2. The number of non-ortho nitro benzene ring substituents is 1. The summed E-state index contributed by atoms with van der Waals surface area (Å²) < 4.78 is 15.2. The smallest absolute Gasteiger partial charge is 0.272 e. The molecule has 0 amide bonds. The molecule has 2 aromatic rings. The van der Waals surface area contributed by atoms with Crippen LogP contribution < -0.4 is 0 Å². The topological polar surface area (TPSA) is 81.2 Å². The van der Waals surface area contributed by atoms with Gasteiger partial charge in [-0.1, -0.05) is 0 Å². The number of hydrogen-bond donors (Lipinski definition) is 1. The number of aliphatic hydroxyl groups excluding tert-OH is 1. The van der Waals surface area contributed by atoms with Crippen LogP contribution in [0.5, 0.6) is 0 Å². The maximum atomic E-state index is 13.7. The van der Waals surface area contributed by atoms with Crippen LogP contribution in [-0.4, -0.2) is 26.4 Å². The van der Waals surface area contributed by atoms with Gasteiger partial charge in [0.25, 0.3) is 5.69 Å². The summed E-state index contributed by atoms with van der Waals surface area (Å²) in [6, 6.07) is 3.45. The third-order valence-corrected chi connectivity index (χ3v) is 2.44. The van der Waals surface area contributed by atoms with Gasteiger partial charge in [-0.2, -0.15) is 5.10 Å². The molecule has 18 heavy (non-hydrogen) atoms. The van der Waals surface area contributed by atoms with Gasteiger partial charge in [0.1, 0.15) is 5.82 Å². The van der Waals surface area contributed by atoms with Crippen LogP contribution >= 0.6 is 0 Å². The minimum absolute atomic E-state index is 0.0656. The predicted molar refractivity (Wildman–Crippen MR) is 61.4 cm³/mol. The maximum absolute atomic E-state index is 13.7. The highest BCUT2D eigenvalue weighted by Gasteiger charge is 2.13. The van der Waals surface area contributed by atoms with Crippen LogP contribution in [0, 0.1) is 15.9 Å². The summed E-state index contributed by atoms with van der Waals surface area (Å²) in [5, 5.41) is 23.2. The average molecular weight is 251 g/mol. The van der Waals surface area contributed by atoms with E-state index in [0.717, 1.165) is 6.07 Å². The lowest BCUT2D eigenvalue weighted by Crippen LogP contribution is -2.01. The molecule has 0 aliphatic heterocycles. The third-order valence-electron chi connectivity index (χ3n) is 2.44. The molecule has 0 aliphatic rings. The van der Waals surface area contributed by atoms with Crippen molar-refractivity contribution in [2.45, 2.75) is 6.54 Å². The Morgan fingerprint density at radius 3 is 2.89 bits per heavy atom. The van der Waals surface area contributed by atoms with Crippen molar-refractivity contribution < 1.29 is 14.4 Å². The van der Waals surface area contributed by atoms with E-state index in [-0.39, 0.29) is 17.9 Å². The van der Waals surface area contributed by atoms with Crippen LogP contribution in [-0.2, 0) is 6.54 Å². The molecule has 0 aliphatic carbocycles. The lowest BCUT2D eigenvalue weighted by atomic mass is 10.1. The number of benzene rings is 1. The van der Waals surface area contributed by atoms with Crippen LogP contribution in [0.3, 0.4) is 0 Å². The van der Waals surface area contributed by atoms with Crippen molar-refractivity contribution in [1.82, 2.24) is 9.78 Å². The van der Waals surface area contributed by atoms with Crippen molar-refractivity contribution in [3.8, 4) is 11.1 Å². The van der Waals surface area contributed by atoms with Crippen LogP contribution in [0.15, 0.2) is 30.6 Å². The zero-order valence-electron chi connectivity index (χ0n) is 9.28. The van der Waals surface area contributed by atoms with Gasteiger partial charge in [-0.25, -0.2) is 4.39 Å². The van der Waals surface area contributed by atoms with Crippen molar-refractivity contribution in [2.24, 2.45) is 0 Å². The highest BCUT2D eigenvalue weighted by atomic mass is 19.1. The van der Waals surface area contributed by atoms with E-state index in [1.165, 1.54) is 23.0 Å². The Morgan fingerprint density at radius 2 is 2.28 bits per heavy atom. The number of nitro groups is 1. The quantitative estimate of drug-likeness (QED) is 0.660. The molecule has 1 N–H and O–H groups in total. The van der Waals surface area contributed by atoms with Gasteiger partial charge in [0.2, 0.25) is 0 Å². The molecule has 1 aromatic carbocycles. The van der Waals surface area contributed by atoms with Gasteiger partial charge in [-0.3, -0.25) is 14.8 Å². The van der Waals surface area contributed by atoms with E-state index in [2.05, 4.69) is 5.10 Å². The van der Waals surface area contributed by atoms with E-state index in [9.17, 15) is 14.5 Å². The molecule has 0 saturated heterocycles. The second-order valence-corrected chi connectivity index (χ2v) is 3.64. The van der Waals surface area contributed by atoms with E-state index in [4.69, 9.17) is 5.11 Å². The number of hydrogen-bond acceptors (Lipinski definition) is 4. The summed E-state index contributed by atoms with van der Waals surface area (Å²) in [5.74, 6) is -0.673. The molecule has 94 valence electrons. The van der Waals surface area contributed by atoms with Gasteiger partial charge in [0.15, 0.2) is 0 Å². The summed E-state index contributed by atoms with van der Waals surface area (Å²) >= 11 is 0. The summed E-state index contributed by atoms with van der Waals surface area (Å²) in [4.78, 5) is 9.83. The zero-order valence-corrected chi connectivity index (χ0v) is 9.28. The van der Waals surface area contributed by atoms with Gasteiger partial charge in [0.05, 0.1) is 30.3 Å². The van der Waals surface area contributed by atoms with Gasteiger partial charge in [-0.05, 0) is 6.07 Å². The van der Waals surface area contributed by atoms with Gasteiger partial charge >= 0.3 is 0 Å². The highest BCUT2D eigenvalue weighted by molar-refractivity contribution is 5.64. The molecule has 0 radical (unpaired) electrons. The SMILES string of the molecule is O=[N+]([O-])c1ccc(-c2cnn(CCO)c2)c(F)c1. The van der Waals surface area contributed by atoms with E-state index >= 15 is 0 Å². The Morgan fingerprint density at radius 1 is 1.50 bits per heavy atom. The number of aliphatic hydroxyl groups is 1. The van der Waals surface area contributed by atoms with E-state index in [0.29, 0.717) is 12.1 Å². The molecule has 0 unspecified atom stereocenters. The summed E-state index contributed by atoms with van der Waals surface area (Å²) in [5.41, 5.74) is 0.458. The zero-order chi connectivity index (χ0) is 13.1. The second kappa shape index (κ2) is 4.92. The average Bonchev–Trinajstić information content (AvgIpc) is 2.77. The van der Waals surface area contributed by atoms with Crippen molar-refractivity contribution in [2.75, 3.05) is 6.61 Å². The monoisotopic (exact) mass is 251 g/mol. The number of nitrogens with zero attached hydrogens (tertiary/aromatic N) is 3. The Labute approximate surface area is 101 Å². The molecule has 1 heterocycles. The lowest BCUT2D eigenvalue weighted by molar-refractivity contribution is -0.385. The van der Waals surface area contributed by atoms with Crippen LogP contribution in [0.2, 0.25) is 0 Å². The fourth-order valence-corrected chi connectivity index (χ4v) is 1.58. The Hall–Kier alpha value is -2.28. The Kier molecular flexibility index (Phi) is 3.33. The fraction of sp³-hybridized carbons (Fsp3) is 0.182. The van der Waals surface area contributed by atoms with E-state index < -0.39 is 10.7 Å². The standard InChI is InChI=1S/C11H10FN3O3/c12-11-5-9(15(17)18)1-2-10(11)8-6-13-14(7-8)3-4-16/h1-2,5-7,16H,3-4H2. The van der Waals surface area contributed by atoms with Crippen molar-refractivity contribution in [3.05, 3.63) is 46.5 Å². The Bertz CT molecular complexity index is 583. The second-order valence-electron chi connectivity index (χ2n) is 3.64. The lowest BCUT2D eigenvalue weighted by Gasteiger charge is -1.99. The predicted octanol–water partition coefficient (Wildman–Crippen LogP) is 1.59. The molecule has 6 nitrogen and oxygen atoms in total. The molecule has 0 fully saturated rings. The summed E-state index contributed by atoms with van der Waals surface area (Å²) in [7, 11) is 0. The first kappa shape index (κ1) is 12.2. The maximum Gasteiger partial charge on any atom is 0.272 e. The highest BCUT2D eigenvalue weighted by Crippen LogP contribution is 2.25. The van der Waals surface area contributed by atoms with Gasteiger partial charge in [0, 0.05) is 23.4 Å². The molecule has 7 heteroatoms. The van der Waals surface area contributed by atoms with Crippen LogP contribution in [0.25, 0.3) is 11.1 Å². The third kappa shape index (κ3) is 2.35. The van der Waals surface area contributed by atoms with Gasteiger partial charge < -0.3 is 5.11 Å². The van der Waals surface area contributed by atoms with E-state index in [1.54, 1.807) is 6.20 Å². The molecule has 0 saturated carbocycles. The summed E-state index contributed by atoms with van der Waals surface area (Å²) in [6.07, 6.45) is 3.01. The number of halogens is 1. The molecular formula is C11H10FN3O3. The summed E-state index contributed by atoms with van der Waals surface area (Å²) in [6.45, 7) is 0.248. The van der Waals surface area contributed by atoms with Crippen LogP contribution in [0.1, 0.15) is 0 Å². The molecule has 0 atom stereocenters.